The number of carbonyl (C=O) groups excluding carboxylic acids is 1. The number of hydrogen-bond donors (Lipinski definition) is 1. The van der Waals surface area contributed by atoms with Crippen LogP contribution in [0, 0.1) is 20.8 Å². The number of likely N-dealkylation sites (N-methyl/N-ethyl adjacent to an activating group) is 1. The Morgan fingerprint density at radius 2 is 1.90 bits per heavy atom. The van der Waals surface area contributed by atoms with E-state index in [-0.39, 0.29) is 12.5 Å². The summed E-state index contributed by atoms with van der Waals surface area (Å²) < 4.78 is 1.18. The maximum atomic E-state index is 12.6. The molecule has 0 bridgehead atoms. The number of nitrogens with one attached hydrogen (secondary N) is 1. The minimum Gasteiger partial charge on any atom is -0.342 e. The summed E-state index contributed by atoms with van der Waals surface area (Å²) in [4.78, 5) is 23.8. The van der Waals surface area contributed by atoms with Gasteiger partial charge in [0, 0.05) is 23.7 Å². The van der Waals surface area contributed by atoms with Crippen LogP contribution in [0.2, 0.25) is 0 Å². The van der Waals surface area contributed by atoms with Crippen molar-refractivity contribution in [1.29, 1.82) is 0 Å². The van der Waals surface area contributed by atoms with Crippen LogP contribution in [0.3, 0.4) is 0 Å². The molecule has 4 rings (SSSR count). The molecule has 2 heterocycles. The maximum absolute atomic E-state index is 12.6. The first-order valence-electron chi connectivity index (χ1n) is 9.31. The molecular formula is C22H22N4OS2. The van der Waals surface area contributed by atoms with Gasteiger partial charge in [0.05, 0.1) is 27.5 Å². The standard InChI is InChI=1S/C22H22N4OS2/c1-13-8-9-14(2)21-20(13)25-22(29-21)26(4)11-19(27)24-17-7-5-6-16(10-17)18-12-28-15(3)23-18/h5-10,12H,11H2,1-4H3,(H,24,27). The van der Waals surface area contributed by atoms with Gasteiger partial charge in [0.1, 0.15) is 0 Å². The second kappa shape index (κ2) is 7.93. The number of amides is 1. The van der Waals surface area contributed by atoms with E-state index in [9.17, 15) is 4.79 Å². The quantitative estimate of drug-likeness (QED) is 0.466. The molecule has 1 N–H and O–H groups in total. The fourth-order valence-electron chi connectivity index (χ4n) is 3.15. The molecule has 0 fully saturated rings. The van der Waals surface area contributed by atoms with Crippen LogP contribution in [0.4, 0.5) is 10.8 Å². The first-order chi connectivity index (χ1) is 13.9. The third-order valence-corrected chi connectivity index (χ3v) is 6.78. The maximum Gasteiger partial charge on any atom is 0.243 e. The number of benzene rings is 2. The van der Waals surface area contributed by atoms with Crippen LogP contribution in [0.5, 0.6) is 0 Å². The lowest BCUT2D eigenvalue weighted by Crippen LogP contribution is -2.29. The van der Waals surface area contributed by atoms with Crippen molar-refractivity contribution >= 4 is 49.6 Å². The van der Waals surface area contributed by atoms with Crippen LogP contribution in [0.15, 0.2) is 41.8 Å². The molecule has 2 aromatic carbocycles. The third kappa shape index (κ3) is 4.16. The molecule has 0 radical (unpaired) electrons. The number of fused-ring (bicyclic) bond motifs is 1. The zero-order valence-electron chi connectivity index (χ0n) is 16.8. The van der Waals surface area contributed by atoms with Crippen LogP contribution < -0.4 is 10.2 Å². The average Bonchev–Trinajstić information content (AvgIpc) is 3.32. The van der Waals surface area contributed by atoms with E-state index in [4.69, 9.17) is 4.98 Å². The molecule has 1 amide bonds. The molecule has 0 atom stereocenters. The number of aryl methyl sites for hydroxylation is 3. The second-order valence-corrected chi connectivity index (χ2v) is 9.15. The molecule has 7 heteroatoms. The highest BCUT2D eigenvalue weighted by Crippen LogP contribution is 2.32. The zero-order chi connectivity index (χ0) is 20.5. The Hall–Kier alpha value is -2.77. The van der Waals surface area contributed by atoms with Gasteiger partial charge in [0.25, 0.3) is 0 Å². The van der Waals surface area contributed by atoms with Crippen molar-refractivity contribution in [2.24, 2.45) is 0 Å². The predicted octanol–water partition coefficient (Wildman–Crippen LogP) is 5.42. The zero-order valence-corrected chi connectivity index (χ0v) is 18.4. The number of aromatic nitrogens is 2. The van der Waals surface area contributed by atoms with Crippen molar-refractivity contribution in [3.8, 4) is 11.3 Å². The van der Waals surface area contributed by atoms with Crippen molar-refractivity contribution in [1.82, 2.24) is 9.97 Å². The minimum absolute atomic E-state index is 0.0770. The van der Waals surface area contributed by atoms with Crippen LogP contribution in [-0.2, 0) is 4.79 Å². The monoisotopic (exact) mass is 422 g/mol. The van der Waals surface area contributed by atoms with E-state index in [0.29, 0.717) is 0 Å². The lowest BCUT2D eigenvalue weighted by atomic mass is 10.1. The molecule has 148 valence electrons. The van der Waals surface area contributed by atoms with E-state index in [1.54, 1.807) is 22.7 Å². The van der Waals surface area contributed by atoms with Crippen molar-refractivity contribution < 1.29 is 4.79 Å². The number of nitrogens with zero attached hydrogens (tertiary/aromatic N) is 3. The Balaban J connectivity index is 1.47. The van der Waals surface area contributed by atoms with Crippen LogP contribution >= 0.6 is 22.7 Å². The minimum atomic E-state index is -0.0770. The Morgan fingerprint density at radius 3 is 2.62 bits per heavy atom. The Bertz CT molecular complexity index is 1160. The highest BCUT2D eigenvalue weighted by Gasteiger charge is 2.15. The van der Waals surface area contributed by atoms with Gasteiger partial charge >= 0.3 is 0 Å². The smallest absolute Gasteiger partial charge is 0.243 e. The Labute approximate surface area is 178 Å². The van der Waals surface area contributed by atoms with Crippen molar-refractivity contribution in [3.63, 3.8) is 0 Å². The largest absolute Gasteiger partial charge is 0.342 e. The van der Waals surface area contributed by atoms with E-state index in [1.165, 1.54) is 10.3 Å². The summed E-state index contributed by atoms with van der Waals surface area (Å²) in [5.74, 6) is -0.0770. The molecule has 0 aliphatic heterocycles. The van der Waals surface area contributed by atoms with E-state index in [1.807, 2.05) is 48.5 Å². The highest BCUT2D eigenvalue weighted by molar-refractivity contribution is 7.22. The highest BCUT2D eigenvalue weighted by atomic mass is 32.1. The fourth-order valence-corrected chi connectivity index (χ4v) is 4.84. The fraction of sp³-hybridized carbons (Fsp3) is 0.227. The van der Waals surface area contributed by atoms with Crippen molar-refractivity contribution in [2.45, 2.75) is 20.8 Å². The van der Waals surface area contributed by atoms with E-state index >= 15 is 0 Å². The molecule has 0 aliphatic carbocycles. The number of thiazole rings is 2. The van der Waals surface area contributed by atoms with E-state index in [2.05, 4.69) is 36.3 Å². The van der Waals surface area contributed by atoms with Gasteiger partial charge in [-0.25, -0.2) is 9.97 Å². The molecule has 0 unspecified atom stereocenters. The van der Waals surface area contributed by atoms with Gasteiger partial charge in [-0.1, -0.05) is 35.6 Å². The molecule has 2 aromatic heterocycles. The first-order valence-corrected chi connectivity index (χ1v) is 11.0. The number of rotatable bonds is 5. The summed E-state index contributed by atoms with van der Waals surface area (Å²) in [5.41, 5.74) is 6.07. The molecular weight excluding hydrogens is 400 g/mol. The molecule has 0 aliphatic rings. The van der Waals surface area contributed by atoms with Crippen LogP contribution in [0.25, 0.3) is 21.5 Å². The molecule has 4 aromatic rings. The van der Waals surface area contributed by atoms with Crippen molar-refractivity contribution in [3.05, 3.63) is 57.9 Å². The summed E-state index contributed by atoms with van der Waals surface area (Å²) in [6, 6.07) is 12.0. The summed E-state index contributed by atoms with van der Waals surface area (Å²) >= 11 is 3.24. The first kappa shape index (κ1) is 19.5. The number of anilines is 2. The van der Waals surface area contributed by atoms with Gasteiger partial charge in [-0.05, 0) is 44.0 Å². The summed E-state index contributed by atoms with van der Waals surface area (Å²) in [6.07, 6.45) is 0. The predicted molar refractivity (Wildman–Crippen MR) is 123 cm³/mol. The summed E-state index contributed by atoms with van der Waals surface area (Å²) in [7, 11) is 1.90. The molecule has 0 saturated heterocycles. The van der Waals surface area contributed by atoms with Crippen LogP contribution in [-0.4, -0.2) is 29.5 Å². The van der Waals surface area contributed by atoms with Gasteiger partial charge in [0.15, 0.2) is 5.13 Å². The second-order valence-electron chi connectivity index (χ2n) is 7.11. The summed E-state index contributed by atoms with van der Waals surface area (Å²) in [5, 5.41) is 6.89. The summed E-state index contributed by atoms with van der Waals surface area (Å²) in [6.45, 7) is 6.38. The number of carbonyl (C=O) groups is 1. The van der Waals surface area contributed by atoms with Crippen LogP contribution in [0.1, 0.15) is 16.1 Å². The molecule has 0 spiro atoms. The molecule has 5 nitrogen and oxygen atoms in total. The van der Waals surface area contributed by atoms with Gasteiger partial charge in [-0.3, -0.25) is 4.79 Å². The number of hydrogen-bond acceptors (Lipinski definition) is 6. The van der Waals surface area contributed by atoms with E-state index in [0.717, 1.165) is 38.2 Å². The molecule has 0 saturated carbocycles. The lowest BCUT2D eigenvalue weighted by Gasteiger charge is -2.15. The van der Waals surface area contributed by atoms with Gasteiger partial charge in [0.2, 0.25) is 5.91 Å². The van der Waals surface area contributed by atoms with E-state index < -0.39 is 0 Å². The topological polar surface area (TPSA) is 58.1 Å². The van der Waals surface area contributed by atoms with Gasteiger partial charge in [-0.2, -0.15) is 0 Å². The average molecular weight is 423 g/mol. The van der Waals surface area contributed by atoms with Gasteiger partial charge in [-0.15, -0.1) is 11.3 Å². The normalized spacial score (nSPS) is 11.0. The third-order valence-electron chi connectivity index (χ3n) is 4.70. The molecule has 29 heavy (non-hydrogen) atoms. The lowest BCUT2D eigenvalue weighted by molar-refractivity contribution is -0.114. The Kier molecular flexibility index (Phi) is 5.34. The Morgan fingerprint density at radius 1 is 1.10 bits per heavy atom. The van der Waals surface area contributed by atoms with Gasteiger partial charge < -0.3 is 10.2 Å². The SMILES string of the molecule is Cc1nc(-c2cccc(NC(=O)CN(C)c3nc4c(C)ccc(C)c4s3)c2)cs1. The van der Waals surface area contributed by atoms with Crippen molar-refractivity contribution in [2.75, 3.05) is 23.8 Å².